The highest BCUT2D eigenvalue weighted by Gasteiger charge is 2.30. The van der Waals surface area contributed by atoms with Crippen LogP contribution in [0.5, 0.6) is 0 Å². The van der Waals surface area contributed by atoms with Crippen LogP contribution in [0.2, 0.25) is 0 Å². The number of amides is 1. The minimum Gasteiger partial charge on any atom is -0.448 e. The fourth-order valence-corrected chi connectivity index (χ4v) is 4.36. The number of aliphatic hydroxyl groups excluding tert-OH is 1. The lowest BCUT2D eigenvalue weighted by Crippen LogP contribution is -2.36. The molecule has 0 bridgehead atoms. The summed E-state index contributed by atoms with van der Waals surface area (Å²) < 4.78 is 5.78. The number of carbonyl (C=O) groups excluding carboxylic acids is 1. The Labute approximate surface area is 166 Å². The number of hydrogen-bond donors (Lipinski definition) is 1. The van der Waals surface area contributed by atoms with Gasteiger partial charge in [0.1, 0.15) is 6.61 Å². The summed E-state index contributed by atoms with van der Waals surface area (Å²) in [6.07, 6.45) is 1.51. The van der Waals surface area contributed by atoms with Crippen molar-refractivity contribution >= 4 is 6.09 Å². The predicted molar refractivity (Wildman–Crippen MR) is 109 cm³/mol. The van der Waals surface area contributed by atoms with Crippen LogP contribution in [0.1, 0.15) is 29.9 Å². The first kappa shape index (κ1) is 19.0. The van der Waals surface area contributed by atoms with E-state index in [2.05, 4.69) is 53.4 Å². The van der Waals surface area contributed by atoms with E-state index in [-0.39, 0.29) is 18.6 Å². The van der Waals surface area contributed by atoms with Gasteiger partial charge in [-0.3, -0.25) is 0 Å². The molecular weight excluding hydrogens is 352 g/mol. The van der Waals surface area contributed by atoms with Crippen molar-refractivity contribution in [3.8, 4) is 11.1 Å². The summed E-state index contributed by atoms with van der Waals surface area (Å²) in [6.45, 7) is 4.69. The van der Waals surface area contributed by atoms with Crippen molar-refractivity contribution in [2.24, 2.45) is 0 Å². The Balaban J connectivity index is 1.39. The highest BCUT2D eigenvalue weighted by Crippen LogP contribution is 2.44. The van der Waals surface area contributed by atoms with Crippen LogP contribution in [0.3, 0.4) is 0 Å². The van der Waals surface area contributed by atoms with Gasteiger partial charge in [-0.25, -0.2) is 4.79 Å². The predicted octanol–water partition coefficient (Wildman–Crippen LogP) is 3.33. The van der Waals surface area contributed by atoms with Crippen LogP contribution < -0.4 is 0 Å². The first-order valence-corrected chi connectivity index (χ1v) is 10.2. The maximum atomic E-state index is 12.7. The Hall–Kier alpha value is -2.37. The number of aliphatic hydroxyl groups is 1. The summed E-state index contributed by atoms with van der Waals surface area (Å²) >= 11 is 0. The number of hydrogen-bond acceptors (Lipinski definition) is 4. The van der Waals surface area contributed by atoms with Crippen molar-refractivity contribution in [1.29, 1.82) is 0 Å². The zero-order valence-electron chi connectivity index (χ0n) is 16.2. The van der Waals surface area contributed by atoms with Crippen LogP contribution in [-0.2, 0) is 4.74 Å². The van der Waals surface area contributed by atoms with E-state index in [4.69, 9.17) is 9.84 Å². The molecule has 1 N–H and O–H groups in total. The van der Waals surface area contributed by atoms with Crippen molar-refractivity contribution in [3.05, 3.63) is 59.7 Å². The van der Waals surface area contributed by atoms with E-state index in [0.29, 0.717) is 13.2 Å². The molecule has 1 aliphatic carbocycles. The van der Waals surface area contributed by atoms with Gasteiger partial charge >= 0.3 is 6.09 Å². The van der Waals surface area contributed by atoms with Gasteiger partial charge in [-0.05, 0) is 41.6 Å². The Kier molecular flexibility index (Phi) is 5.93. The van der Waals surface area contributed by atoms with Crippen LogP contribution in [0.15, 0.2) is 48.5 Å². The summed E-state index contributed by atoms with van der Waals surface area (Å²) in [6, 6.07) is 16.8. The molecule has 5 nitrogen and oxygen atoms in total. The Morgan fingerprint density at radius 3 is 2.32 bits per heavy atom. The topological polar surface area (TPSA) is 53.0 Å². The maximum absolute atomic E-state index is 12.7. The summed E-state index contributed by atoms with van der Waals surface area (Å²) in [7, 11) is 0. The second-order valence-corrected chi connectivity index (χ2v) is 7.56. The van der Waals surface area contributed by atoms with Gasteiger partial charge in [0.15, 0.2) is 0 Å². The van der Waals surface area contributed by atoms with E-state index in [1.165, 1.54) is 22.3 Å². The highest BCUT2D eigenvalue weighted by molar-refractivity contribution is 5.79. The molecule has 148 valence electrons. The monoisotopic (exact) mass is 380 g/mol. The molecule has 1 saturated heterocycles. The molecule has 0 atom stereocenters. The molecule has 0 aromatic heterocycles. The number of fused-ring (bicyclic) bond motifs is 3. The smallest absolute Gasteiger partial charge is 0.409 e. The van der Waals surface area contributed by atoms with Gasteiger partial charge < -0.3 is 19.6 Å². The number of benzene rings is 2. The minimum absolute atomic E-state index is 0.101. The molecular formula is C23H28N2O3. The zero-order chi connectivity index (χ0) is 19.3. The van der Waals surface area contributed by atoms with Gasteiger partial charge in [0.2, 0.25) is 0 Å². The van der Waals surface area contributed by atoms with Crippen LogP contribution in [0, 0.1) is 0 Å². The van der Waals surface area contributed by atoms with E-state index in [9.17, 15) is 4.79 Å². The average molecular weight is 380 g/mol. The Morgan fingerprint density at radius 2 is 1.64 bits per heavy atom. The summed E-state index contributed by atoms with van der Waals surface area (Å²) in [5.74, 6) is 0.101. The SMILES string of the molecule is O=C(OCC1c2ccccc2-c2ccccc21)N1CCCN(CCCO)CC1. The molecule has 4 rings (SSSR count). The third-order valence-electron chi connectivity index (χ3n) is 5.82. The summed E-state index contributed by atoms with van der Waals surface area (Å²) in [5.41, 5.74) is 4.96. The molecule has 2 aromatic carbocycles. The number of carbonyl (C=O) groups is 1. The Bertz CT molecular complexity index is 777. The van der Waals surface area contributed by atoms with Gasteiger partial charge in [-0.15, -0.1) is 0 Å². The molecule has 5 heteroatoms. The molecule has 28 heavy (non-hydrogen) atoms. The second-order valence-electron chi connectivity index (χ2n) is 7.56. The van der Waals surface area contributed by atoms with E-state index in [1.807, 2.05) is 4.90 Å². The summed E-state index contributed by atoms with van der Waals surface area (Å²) in [4.78, 5) is 16.8. The van der Waals surface area contributed by atoms with Gasteiger partial charge in [0, 0.05) is 38.7 Å². The van der Waals surface area contributed by atoms with Gasteiger partial charge in [0.05, 0.1) is 0 Å². The molecule has 0 unspecified atom stereocenters. The number of rotatable bonds is 5. The van der Waals surface area contributed by atoms with Crippen LogP contribution in [0.4, 0.5) is 4.79 Å². The van der Waals surface area contributed by atoms with Crippen LogP contribution in [0.25, 0.3) is 11.1 Å². The van der Waals surface area contributed by atoms with Crippen molar-refractivity contribution in [2.75, 3.05) is 45.9 Å². The first-order chi connectivity index (χ1) is 13.8. The normalized spacial score (nSPS) is 17.1. The van der Waals surface area contributed by atoms with Gasteiger partial charge in [-0.2, -0.15) is 0 Å². The second kappa shape index (κ2) is 8.76. The molecule has 0 spiro atoms. The third kappa shape index (κ3) is 3.91. The third-order valence-corrected chi connectivity index (χ3v) is 5.82. The van der Waals surface area contributed by atoms with Crippen LogP contribution >= 0.6 is 0 Å². The lowest BCUT2D eigenvalue weighted by atomic mass is 9.98. The van der Waals surface area contributed by atoms with Gasteiger partial charge in [-0.1, -0.05) is 48.5 Å². The molecule has 1 amide bonds. The van der Waals surface area contributed by atoms with Crippen molar-refractivity contribution in [1.82, 2.24) is 9.80 Å². The largest absolute Gasteiger partial charge is 0.448 e. The van der Waals surface area contributed by atoms with Crippen molar-refractivity contribution < 1.29 is 14.6 Å². The molecule has 1 fully saturated rings. The lowest BCUT2D eigenvalue weighted by molar-refractivity contribution is 0.101. The lowest BCUT2D eigenvalue weighted by Gasteiger charge is -2.22. The Morgan fingerprint density at radius 1 is 0.964 bits per heavy atom. The number of ether oxygens (including phenoxy) is 1. The standard InChI is InChI=1S/C23H28N2O3/c26-16-6-12-24-11-5-13-25(15-14-24)23(27)28-17-22-20-9-3-1-7-18(20)19-8-2-4-10-21(19)22/h1-4,7-10,22,26H,5-6,11-17H2. The van der Waals surface area contributed by atoms with Crippen LogP contribution in [-0.4, -0.2) is 66.9 Å². The summed E-state index contributed by atoms with van der Waals surface area (Å²) in [5, 5.41) is 9.01. The molecule has 0 saturated carbocycles. The van der Waals surface area contributed by atoms with Crippen molar-refractivity contribution in [3.63, 3.8) is 0 Å². The number of nitrogens with zero attached hydrogens (tertiary/aromatic N) is 2. The van der Waals surface area contributed by atoms with E-state index in [0.717, 1.165) is 39.0 Å². The minimum atomic E-state index is -0.217. The molecule has 0 radical (unpaired) electrons. The molecule has 1 heterocycles. The molecule has 1 aliphatic heterocycles. The van der Waals surface area contributed by atoms with E-state index in [1.54, 1.807) is 0 Å². The highest BCUT2D eigenvalue weighted by atomic mass is 16.6. The molecule has 2 aliphatic rings. The fraction of sp³-hybridized carbons (Fsp3) is 0.435. The first-order valence-electron chi connectivity index (χ1n) is 10.2. The maximum Gasteiger partial charge on any atom is 0.409 e. The van der Waals surface area contributed by atoms with E-state index >= 15 is 0 Å². The van der Waals surface area contributed by atoms with E-state index < -0.39 is 0 Å². The zero-order valence-corrected chi connectivity index (χ0v) is 16.2. The fourth-order valence-electron chi connectivity index (χ4n) is 4.36. The van der Waals surface area contributed by atoms with Crippen molar-refractivity contribution in [2.45, 2.75) is 18.8 Å². The quantitative estimate of drug-likeness (QED) is 0.865. The van der Waals surface area contributed by atoms with Gasteiger partial charge in [0.25, 0.3) is 0 Å². The average Bonchev–Trinajstić information content (AvgIpc) is 2.87. The molecule has 2 aromatic rings.